The van der Waals surface area contributed by atoms with Crippen LogP contribution in [0, 0.1) is 12.7 Å². The minimum Gasteiger partial charge on any atom is -0.481 e. The number of halogens is 1. The van der Waals surface area contributed by atoms with Crippen LogP contribution in [0.3, 0.4) is 0 Å². The molecule has 0 fully saturated rings. The summed E-state index contributed by atoms with van der Waals surface area (Å²) < 4.78 is 12.9. The van der Waals surface area contributed by atoms with Gasteiger partial charge in [0.15, 0.2) is 0 Å². The zero-order valence-corrected chi connectivity index (χ0v) is 11.6. The Bertz CT molecular complexity index is 474. The number of nitrogens with one attached hydrogen (secondary N) is 1. The molecule has 0 bridgehead atoms. The van der Waals surface area contributed by atoms with Gasteiger partial charge >= 0.3 is 5.97 Å². The van der Waals surface area contributed by atoms with Crippen molar-refractivity contribution in [1.29, 1.82) is 0 Å². The Morgan fingerprint density at radius 3 is 2.60 bits per heavy atom. The van der Waals surface area contributed by atoms with Crippen LogP contribution in [-0.4, -0.2) is 23.5 Å². The number of hydrogen-bond donors (Lipinski definition) is 2. The van der Waals surface area contributed by atoms with Gasteiger partial charge in [-0.2, -0.15) is 0 Å². The molecule has 1 rings (SSSR count). The van der Waals surface area contributed by atoms with E-state index in [-0.39, 0.29) is 18.1 Å². The first-order valence-corrected chi connectivity index (χ1v) is 6.72. The van der Waals surface area contributed by atoms with Crippen molar-refractivity contribution in [3.05, 3.63) is 35.1 Å². The predicted molar refractivity (Wildman–Crippen MR) is 74.0 cm³/mol. The zero-order valence-electron chi connectivity index (χ0n) is 11.6. The molecule has 0 spiro atoms. The minimum absolute atomic E-state index is 0.0739. The molecule has 5 heteroatoms. The van der Waals surface area contributed by atoms with Crippen molar-refractivity contribution in [3.8, 4) is 0 Å². The van der Waals surface area contributed by atoms with Crippen LogP contribution in [0.5, 0.6) is 0 Å². The van der Waals surface area contributed by atoms with Crippen LogP contribution in [0.25, 0.3) is 0 Å². The predicted octanol–water partition coefficient (Wildman–Crippen LogP) is 2.44. The SMILES string of the molecule is Cc1cc(F)ccc1CCNC(=O)CCCCC(=O)O. The second-order valence-corrected chi connectivity index (χ2v) is 4.77. The Morgan fingerprint density at radius 2 is 1.95 bits per heavy atom. The van der Waals surface area contributed by atoms with Gasteiger partial charge in [0.05, 0.1) is 0 Å². The monoisotopic (exact) mass is 281 g/mol. The van der Waals surface area contributed by atoms with Gasteiger partial charge in [-0.05, 0) is 49.4 Å². The van der Waals surface area contributed by atoms with Gasteiger partial charge in [0, 0.05) is 19.4 Å². The van der Waals surface area contributed by atoms with E-state index in [4.69, 9.17) is 5.11 Å². The van der Waals surface area contributed by atoms with Crippen molar-refractivity contribution in [2.24, 2.45) is 0 Å². The number of carboxylic acid groups (broad SMARTS) is 1. The molecule has 0 heterocycles. The average molecular weight is 281 g/mol. The number of carbonyl (C=O) groups is 2. The fraction of sp³-hybridized carbons (Fsp3) is 0.467. The number of rotatable bonds is 8. The number of aryl methyl sites for hydroxylation is 1. The lowest BCUT2D eigenvalue weighted by atomic mass is 10.1. The topological polar surface area (TPSA) is 66.4 Å². The van der Waals surface area contributed by atoms with Crippen LogP contribution < -0.4 is 5.32 Å². The molecule has 1 amide bonds. The van der Waals surface area contributed by atoms with Crippen molar-refractivity contribution in [3.63, 3.8) is 0 Å². The molecule has 110 valence electrons. The summed E-state index contributed by atoms with van der Waals surface area (Å²) in [7, 11) is 0. The maximum atomic E-state index is 12.9. The van der Waals surface area contributed by atoms with Gasteiger partial charge in [0.2, 0.25) is 5.91 Å². The smallest absolute Gasteiger partial charge is 0.303 e. The molecule has 20 heavy (non-hydrogen) atoms. The first-order chi connectivity index (χ1) is 9.49. The summed E-state index contributed by atoms with van der Waals surface area (Å²) in [6, 6.07) is 4.61. The van der Waals surface area contributed by atoms with Crippen LogP contribution in [0.4, 0.5) is 4.39 Å². The minimum atomic E-state index is -0.836. The number of amides is 1. The van der Waals surface area contributed by atoms with Crippen molar-refractivity contribution in [2.75, 3.05) is 6.54 Å². The molecule has 1 aromatic rings. The second-order valence-electron chi connectivity index (χ2n) is 4.77. The summed E-state index contributed by atoms with van der Waals surface area (Å²) in [5.41, 5.74) is 1.89. The summed E-state index contributed by atoms with van der Waals surface area (Å²) in [5, 5.41) is 11.2. The average Bonchev–Trinajstić information content (AvgIpc) is 2.37. The number of unbranched alkanes of at least 4 members (excludes halogenated alkanes) is 1. The van der Waals surface area contributed by atoms with Crippen molar-refractivity contribution in [2.45, 2.75) is 39.0 Å². The number of hydrogen-bond acceptors (Lipinski definition) is 2. The molecule has 0 saturated heterocycles. The van der Waals surface area contributed by atoms with E-state index in [1.807, 2.05) is 6.92 Å². The van der Waals surface area contributed by atoms with Crippen molar-refractivity contribution >= 4 is 11.9 Å². The highest BCUT2D eigenvalue weighted by atomic mass is 19.1. The van der Waals surface area contributed by atoms with E-state index in [1.165, 1.54) is 12.1 Å². The van der Waals surface area contributed by atoms with Crippen molar-refractivity contribution in [1.82, 2.24) is 5.32 Å². The first-order valence-electron chi connectivity index (χ1n) is 6.72. The lowest BCUT2D eigenvalue weighted by Crippen LogP contribution is -2.25. The molecule has 0 aliphatic heterocycles. The van der Waals surface area contributed by atoms with Gasteiger partial charge in [0.1, 0.15) is 5.82 Å². The fourth-order valence-corrected chi connectivity index (χ4v) is 1.93. The molecular weight excluding hydrogens is 261 g/mol. The maximum Gasteiger partial charge on any atom is 0.303 e. The first kappa shape index (κ1) is 16.1. The van der Waals surface area contributed by atoms with Crippen LogP contribution in [0.2, 0.25) is 0 Å². The van der Waals surface area contributed by atoms with Gasteiger partial charge in [0.25, 0.3) is 0 Å². The summed E-state index contributed by atoms with van der Waals surface area (Å²) in [4.78, 5) is 21.8. The quantitative estimate of drug-likeness (QED) is 0.719. The number of carbonyl (C=O) groups excluding carboxylic acids is 1. The highest BCUT2D eigenvalue weighted by molar-refractivity contribution is 5.75. The summed E-state index contributed by atoms with van der Waals surface area (Å²) in [6.45, 7) is 2.34. The highest BCUT2D eigenvalue weighted by Crippen LogP contribution is 2.10. The Kier molecular flexibility index (Phi) is 6.70. The van der Waals surface area contributed by atoms with Crippen molar-refractivity contribution < 1.29 is 19.1 Å². The summed E-state index contributed by atoms with van der Waals surface area (Å²) in [5.74, 6) is -1.17. The second kappa shape index (κ2) is 8.30. The van der Waals surface area contributed by atoms with E-state index < -0.39 is 5.97 Å². The molecule has 0 aliphatic carbocycles. The molecule has 1 aromatic carbocycles. The highest BCUT2D eigenvalue weighted by Gasteiger charge is 2.04. The van der Waals surface area contributed by atoms with Gasteiger partial charge in [-0.3, -0.25) is 9.59 Å². The third-order valence-corrected chi connectivity index (χ3v) is 3.07. The largest absolute Gasteiger partial charge is 0.481 e. The van der Waals surface area contributed by atoms with Gasteiger partial charge < -0.3 is 10.4 Å². The molecule has 0 unspecified atom stereocenters. The summed E-state index contributed by atoms with van der Waals surface area (Å²) in [6.07, 6.45) is 2.19. The third kappa shape index (κ3) is 6.31. The van der Waals surface area contributed by atoms with E-state index >= 15 is 0 Å². The van der Waals surface area contributed by atoms with Crippen LogP contribution in [0.1, 0.15) is 36.8 Å². The molecule has 0 atom stereocenters. The van der Waals surface area contributed by atoms with Gasteiger partial charge in [-0.25, -0.2) is 4.39 Å². The van der Waals surface area contributed by atoms with Gasteiger partial charge in [-0.1, -0.05) is 6.07 Å². The molecule has 4 nitrogen and oxygen atoms in total. The number of carboxylic acids is 1. The van der Waals surface area contributed by atoms with Gasteiger partial charge in [-0.15, -0.1) is 0 Å². The molecule has 0 aromatic heterocycles. The standard InChI is InChI=1S/C15H20FNO3/c1-11-10-13(16)7-6-12(11)8-9-17-14(18)4-2-3-5-15(19)20/h6-7,10H,2-5,8-9H2,1H3,(H,17,18)(H,19,20). The van der Waals surface area contributed by atoms with Crippen LogP contribution in [-0.2, 0) is 16.0 Å². The Labute approximate surface area is 118 Å². The van der Waals surface area contributed by atoms with E-state index in [0.717, 1.165) is 11.1 Å². The van der Waals surface area contributed by atoms with E-state index in [0.29, 0.717) is 32.2 Å². The fourth-order valence-electron chi connectivity index (χ4n) is 1.93. The van der Waals surface area contributed by atoms with Crippen LogP contribution >= 0.6 is 0 Å². The van der Waals surface area contributed by atoms with E-state index in [2.05, 4.69) is 5.32 Å². The zero-order chi connectivity index (χ0) is 15.0. The Hall–Kier alpha value is -1.91. The van der Waals surface area contributed by atoms with E-state index in [9.17, 15) is 14.0 Å². The molecule has 2 N–H and O–H groups in total. The number of aliphatic carboxylic acids is 1. The third-order valence-electron chi connectivity index (χ3n) is 3.07. The normalized spacial score (nSPS) is 10.3. The summed E-state index contributed by atoms with van der Waals surface area (Å²) >= 11 is 0. The Balaban J connectivity index is 2.20. The van der Waals surface area contributed by atoms with Crippen LogP contribution in [0.15, 0.2) is 18.2 Å². The molecule has 0 radical (unpaired) electrons. The maximum absolute atomic E-state index is 12.9. The lowest BCUT2D eigenvalue weighted by Gasteiger charge is -2.07. The lowest BCUT2D eigenvalue weighted by molar-refractivity contribution is -0.137. The molecule has 0 aliphatic rings. The Morgan fingerprint density at radius 1 is 1.25 bits per heavy atom. The molecular formula is C15H20FNO3. The van der Waals surface area contributed by atoms with E-state index in [1.54, 1.807) is 6.07 Å². The number of benzene rings is 1. The molecule has 0 saturated carbocycles.